The van der Waals surface area contributed by atoms with Gasteiger partial charge in [0.15, 0.2) is 12.4 Å². The Kier molecular flexibility index (Phi) is 65.4. The Morgan fingerprint density at radius 1 is 0.430 bits per heavy atom. The van der Waals surface area contributed by atoms with Crippen molar-refractivity contribution < 1.29 is 49.3 Å². The van der Waals surface area contributed by atoms with Crippen LogP contribution in [0.4, 0.5) is 0 Å². The molecular formula is C82H149NO10. The number of rotatable bonds is 69. The van der Waals surface area contributed by atoms with E-state index in [1.807, 2.05) is 6.08 Å². The summed E-state index contributed by atoms with van der Waals surface area (Å²) in [6.07, 6.45) is 81.0. The lowest BCUT2D eigenvalue weighted by Gasteiger charge is -2.41. The Balaban J connectivity index is 2.51. The lowest BCUT2D eigenvalue weighted by atomic mass is 9.99. The molecule has 0 radical (unpaired) electrons. The van der Waals surface area contributed by atoms with Crippen LogP contribution in [0.15, 0.2) is 72.9 Å². The summed E-state index contributed by atoms with van der Waals surface area (Å²) in [6.45, 7) is 5.74. The standard InChI is InChI=1S/C82H149NO10/c1-4-7-10-13-16-19-22-25-27-29-31-33-35-37-38-39-41-43-45-47-49-52-55-58-61-64-67-70-77(87)93-80-79(89)78(88)76(71-84)92-82(80)91-72-73(74(85)68-65-62-59-56-53-50-24-21-18-15-12-9-6-3)83-81(90)75(86)69-66-63-60-57-54-51-48-46-44-42-40-36-34-32-30-28-26-23-20-17-14-11-8-5-2/h8,11,17,20,26,28,32,34,40,42,65,68,73-76,78-80,82,84-86,88-89H,4-7,9-10,12-16,18-19,21-25,27,29-31,33,35-39,41,43-64,66-67,69-72H2,1-3H3,(H,83,90)/b11-8-,20-17-,28-26-,34-32-,42-40-,68-65+. The number of carbonyl (C=O) groups is 2. The van der Waals surface area contributed by atoms with Crippen LogP contribution in [0.5, 0.6) is 0 Å². The van der Waals surface area contributed by atoms with Gasteiger partial charge in [-0.1, -0.05) is 370 Å². The van der Waals surface area contributed by atoms with Crippen molar-refractivity contribution in [2.24, 2.45) is 0 Å². The minimum Gasteiger partial charge on any atom is -0.454 e. The van der Waals surface area contributed by atoms with Gasteiger partial charge in [-0.25, -0.2) is 0 Å². The number of amides is 1. The number of aliphatic hydroxyl groups excluding tert-OH is 5. The van der Waals surface area contributed by atoms with Crippen LogP contribution >= 0.6 is 0 Å². The molecule has 1 amide bonds. The molecule has 1 aliphatic heterocycles. The van der Waals surface area contributed by atoms with E-state index in [-0.39, 0.29) is 19.4 Å². The van der Waals surface area contributed by atoms with Gasteiger partial charge in [0.05, 0.1) is 25.4 Å². The predicted molar refractivity (Wildman–Crippen MR) is 393 cm³/mol. The summed E-state index contributed by atoms with van der Waals surface area (Å²) in [6, 6.07) is -1.03. The molecule has 0 aliphatic carbocycles. The molecule has 0 aromatic heterocycles. The Hall–Kier alpha value is -2.90. The summed E-state index contributed by atoms with van der Waals surface area (Å²) >= 11 is 0. The number of nitrogens with one attached hydrogen (secondary N) is 1. The minimum absolute atomic E-state index is 0.126. The summed E-state index contributed by atoms with van der Waals surface area (Å²) in [7, 11) is 0. The number of ether oxygens (including phenoxy) is 3. The van der Waals surface area contributed by atoms with Gasteiger partial charge in [0.25, 0.3) is 0 Å². The van der Waals surface area contributed by atoms with Crippen LogP contribution in [0.3, 0.4) is 0 Å². The Morgan fingerprint density at radius 2 is 0.774 bits per heavy atom. The molecule has 8 unspecified atom stereocenters. The first kappa shape index (κ1) is 88.1. The van der Waals surface area contributed by atoms with Crippen molar-refractivity contribution in [2.45, 2.75) is 423 Å². The molecule has 1 saturated heterocycles. The number of hydrogen-bond donors (Lipinski definition) is 6. The minimum atomic E-state index is -1.62. The van der Waals surface area contributed by atoms with Crippen LogP contribution in [0, 0.1) is 0 Å². The van der Waals surface area contributed by atoms with E-state index in [1.54, 1.807) is 6.08 Å². The fourth-order valence-corrected chi connectivity index (χ4v) is 12.4. The molecule has 0 bridgehead atoms. The van der Waals surface area contributed by atoms with E-state index in [0.29, 0.717) is 12.8 Å². The molecule has 6 N–H and O–H groups in total. The molecule has 542 valence electrons. The summed E-state index contributed by atoms with van der Waals surface area (Å²) in [4.78, 5) is 26.8. The molecule has 1 rings (SSSR count). The Labute approximate surface area is 572 Å². The highest BCUT2D eigenvalue weighted by Crippen LogP contribution is 2.27. The molecule has 0 aromatic carbocycles. The SMILES string of the molecule is CC/C=C\C/C=C\C/C=C\C/C=C\C/C=C\CCCCCCCCCCC(O)C(=O)NC(COC1OC(CO)C(O)C(O)C1OC(=O)CCCCCCCCCCCCCCCCCCCCCCCCCCCCC)C(O)/C=C/CCCCCCCCCCCCC. The zero-order valence-corrected chi connectivity index (χ0v) is 60.6. The maximum Gasteiger partial charge on any atom is 0.306 e. The molecule has 1 aliphatic rings. The van der Waals surface area contributed by atoms with E-state index in [1.165, 1.54) is 231 Å². The number of aliphatic hydroxyl groups is 5. The van der Waals surface area contributed by atoms with Crippen molar-refractivity contribution >= 4 is 11.9 Å². The van der Waals surface area contributed by atoms with Crippen LogP contribution in [0.2, 0.25) is 0 Å². The van der Waals surface area contributed by atoms with E-state index in [9.17, 15) is 35.1 Å². The molecule has 1 fully saturated rings. The van der Waals surface area contributed by atoms with Crippen molar-refractivity contribution in [1.29, 1.82) is 0 Å². The Bertz CT molecular complexity index is 1800. The van der Waals surface area contributed by atoms with E-state index < -0.39 is 67.4 Å². The first-order valence-corrected chi connectivity index (χ1v) is 39.7. The van der Waals surface area contributed by atoms with Gasteiger partial charge in [-0.3, -0.25) is 9.59 Å². The van der Waals surface area contributed by atoms with Gasteiger partial charge in [0.1, 0.15) is 24.4 Å². The summed E-state index contributed by atoms with van der Waals surface area (Å²) in [5, 5.41) is 57.4. The largest absolute Gasteiger partial charge is 0.454 e. The third-order valence-electron chi connectivity index (χ3n) is 18.6. The normalized spacial score (nSPS) is 18.2. The average molecular weight is 1310 g/mol. The van der Waals surface area contributed by atoms with Gasteiger partial charge in [-0.15, -0.1) is 0 Å². The zero-order valence-electron chi connectivity index (χ0n) is 60.6. The van der Waals surface area contributed by atoms with E-state index in [2.05, 4.69) is 86.8 Å². The third kappa shape index (κ3) is 55.8. The summed E-state index contributed by atoms with van der Waals surface area (Å²) < 4.78 is 17.8. The van der Waals surface area contributed by atoms with Gasteiger partial charge in [-0.05, 0) is 70.6 Å². The number of allylic oxidation sites excluding steroid dienone is 11. The van der Waals surface area contributed by atoms with Crippen LogP contribution < -0.4 is 5.32 Å². The summed E-state index contributed by atoms with van der Waals surface area (Å²) in [5.41, 5.74) is 0. The van der Waals surface area contributed by atoms with Crippen LogP contribution in [0.1, 0.15) is 374 Å². The smallest absolute Gasteiger partial charge is 0.306 e. The second kappa shape index (κ2) is 69.0. The monoisotopic (exact) mass is 1310 g/mol. The van der Waals surface area contributed by atoms with Crippen LogP contribution in [0.25, 0.3) is 0 Å². The van der Waals surface area contributed by atoms with Gasteiger partial charge in [0, 0.05) is 6.42 Å². The summed E-state index contributed by atoms with van der Waals surface area (Å²) in [5.74, 6) is -1.19. The van der Waals surface area contributed by atoms with Gasteiger partial charge >= 0.3 is 5.97 Å². The molecule has 0 saturated carbocycles. The highest BCUT2D eigenvalue weighted by atomic mass is 16.7. The highest BCUT2D eigenvalue weighted by molar-refractivity contribution is 5.80. The number of unbranched alkanes of at least 4 members (excludes halogenated alkanes) is 45. The highest BCUT2D eigenvalue weighted by Gasteiger charge is 2.47. The molecule has 0 aromatic rings. The van der Waals surface area contributed by atoms with Gasteiger partial charge in [-0.2, -0.15) is 0 Å². The molecule has 0 spiro atoms. The van der Waals surface area contributed by atoms with E-state index in [4.69, 9.17) is 14.2 Å². The predicted octanol–water partition coefficient (Wildman–Crippen LogP) is 21.4. The number of hydrogen-bond acceptors (Lipinski definition) is 10. The van der Waals surface area contributed by atoms with Crippen molar-refractivity contribution in [1.82, 2.24) is 5.32 Å². The van der Waals surface area contributed by atoms with Gasteiger partial charge < -0.3 is 45.1 Å². The van der Waals surface area contributed by atoms with Crippen molar-refractivity contribution in [3.8, 4) is 0 Å². The quantitative estimate of drug-likeness (QED) is 0.0195. The average Bonchev–Trinajstić information content (AvgIpc) is 0.918. The van der Waals surface area contributed by atoms with Crippen molar-refractivity contribution in [2.75, 3.05) is 13.2 Å². The van der Waals surface area contributed by atoms with Crippen LogP contribution in [-0.2, 0) is 23.8 Å². The topological polar surface area (TPSA) is 175 Å². The van der Waals surface area contributed by atoms with E-state index >= 15 is 0 Å². The molecular weight excluding hydrogens is 1160 g/mol. The molecule has 11 nitrogen and oxygen atoms in total. The maximum absolute atomic E-state index is 13.5. The second-order valence-electron chi connectivity index (χ2n) is 27.4. The fourth-order valence-electron chi connectivity index (χ4n) is 12.4. The molecule has 93 heavy (non-hydrogen) atoms. The van der Waals surface area contributed by atoms with E-state index in [0.717, 1.165) is 96.3 Å². The van der Waals surface area contributed by atoms with Gasteiger partial charge in [0.2, 0.25) is 5.91 Å². The number of esters is 1. The van der Waals surface area contributed by atoms with Crippen molar-refractivity contribution in [3.05, 3.63) is 72.9 Å². The third-order valence-corrected chi connectivity index (χ3v) is 18.6. The Morgan fingerprint density at radius 3 is 1.16 bits per heavy atom. The number of carbonyl (C=O) groups excluding carboxylic acids is 2. The maximum atomic E-state index is 13.5. The lowest BCUT2D eigenvalue weighted by molar-refractivity contribution is -0.305. The lowest BCUT2D eigenvalue weighted by Crippen LogP contribution is -2.61. The first-order chi connectivity index (χ1) is 45.7. The zero-order chi connectivity index (χ0) is 67.4. The first-order valence-electron chi connectivity index (χ1n) is 39.7. The van der Waals surface area contributed by atoms with Crippen LogP contribution in [-0.4, -0.2) is 99.6 Å². The second-order valence-corrected chi connectivity index (χ2v) is 27.4. The van der Waals surface area contributed by atoms with Crippen molar-refractivity contribution in [3.63, 3.8) is 0 Å². The molecule has 11 heteroatoms. The molecule has 1 heterocycles. The fraction of sp³-hybridized carbons (Fsp3) is 0.829. The molecule has 8 atom stereocenters.